The number of benzene rings is 1. The first-order valence-corrected chi connectivity index (χ1v) is 8.66. The SMILES string of the molecule is NC(=O)C12CC(O)CC(=O)C1(O)C(O)=C1C(=O)c3c(O)cccc3CC1C2. The number of carbonyl (C=O) groups is 3. The van der Waals surface area contributed by atoms with E-state index in [1.165, 1.54) is 6.07 Å². The second-order valence-electron chi connectivity index (χ2n) is 7.65. The highest BCUT2D eigenvalue weighted by atomic mass is 16.4. The van der Waals surface area contributed by atoms with Crippen LogP contribution < -0.4 is 5.73 Å². The molecule has 0 aromatic heterocycles. The highest BCUT2D eigenvalue weighted by Gasteiger charge is 2.69. The van der Waals surface area contributed by atoms with E-state index in [1.54, 1.807) is 12.1 Å². The maximum Gasteiger partial charge on any atom is 0.227 e. The van der Waals surface area contributed by atoms with Crippen molar-refractivity contribution in [2.75, 3.05) is 0 Å². The summed E-state index contributed by atoms with van der Waals surface area (Å²) in [7, 11) is 0. The minimum atomic E-state index is -2.67. The van der Waals surface area contributed by atoms with Crippen LogP contribution in [-0.4, -0.2) is 49.6 Å². The van der Waals surface area contributed by atoms with Crippen molar-refractivity contribution in [2.45, 2.75) is 37.4 Å². The summed E-state index contributed by atoms with van der Waals surface area (Å²) in [4.78, 5) is 37.9. The molecule has 27 heavy (non-hydrogen) atoms. The van der Waals surface area contributed by atoms with Crippen molar-refractivity contribution >= 4 is 17.5 Å². The molecule has 0 bridgehead atoms. The molecule has 1 aromatic rings. The van der Waals surface area contributed by atoms with Gasteiger partial charge in [-0.05, 0) is 36.8 Å². The molecule has 6 N–H and O–H groups in total. The summed E-state index contributed by atoms with van der Waals surface area (Å²) in [6.07, 6.45) is -1.90. The van der Waals surface area contributed by atoms with Gasteiger partial charge in [-0.3, -0.25) is 14.4 Å². The Balaban J connectivity index is 1.98. The molecule has 4 unspecified atom stereocenters. The fourth-order valence-electron chi connectivity index (χ4n) is 5.02. The molecule has 4 rings (SSSR count). The first-order valence-electron chi connectivity index (χ1n) is 8.66. The molecule has 1 fully saturated rings. The number of phenols is 1. The van der Waals surface area contributed by atoms with Crippen molar-refractivity contribution in [1.82, 2.24) is 0 Å². The first-order chi connectivity index (χ1) is 12.6. The lowest BCUT2D eigenvalue weighted by Crippen LogP contribution is -2.68. The minimum Gasteiger partial charge on any atom is -0.508 e. The van der Waals surface area contributed by atoms with Crippen LogP contribution >= 0.6 is 0 Å². The van der Waals surface area contributed by atoms with Gasteiger partial charge < -0.3 is 26.2 Å². The van der Waals surface area contributed by atoms with Crippen LogP contribution in [-0.2, 0) is 16.0 Å². The van der Waals surface area contributed by atoms with Crippen LogP contribution in [0.2, 0.25) is 0 Å². The van der Waals surface area contributed by atoms with Crippen molar-refractivity contribution in [3.8, 4) is 5.75 Å². The number of ketones is 2. The van der Waals surface area contributed by atoms with E-state index >= 15 is 0 Å². The van der Waals surface area contributed by atoms with Gasteiger partial charge in [-0.15, -0.1) is 0 Å². The van der Waals surface area contributed by atoms with Crippen molar-refractivity contribution < 1.29 is 34.8 Å². The predicted octanol–water partition coefficient (Wildman–Crippen LogP) is -0.110. The third-order valence-electron chi connectivity index (χ3n) is 6.24. The maximum atomic E-state index is 13.0. The Morgan fingerprint density at radius 2 is 1.85 bits per heavy atom. The van der Waals surface area contributed by atoms with E-state index in [2.05, 4.69) is 0 Å². The van der Waals surface area contributed by atoms with Gasteiger partial charge in [-0.2, -0.15) is 0 Å². The lowest BCUT2D eigenvalue weighted by Gasteiger charge is -2.53. The molecule has 4 atom stereocenters. The lowest BCUT2D eigenvalue weighted by molar-refractivity contribution is -0.181. The van der Waals surface area contributed by atoms with Gasteiger partial charge in [-0.25, -0.2) is 0 Å². The fraction of sp³-hybridized carbons (Fsp3) is 0.421. The van der Waals surface area contributed by atoms with Gasteiger partial charge in [-0.1, -0.05) is 12.1 Å². The Kier molecular flexibility index (Phi) is 3.54. The van der Waals surface area contributed by atoms with Crippen molar-refractivity contribution in [3.63, 3.8) is 0 Å². The summed E-state index contributed by atoms with van der Waals surface area (Å²) >= 11 is 0. The standard InChI is InChI=1S/C19H19NO7/c20-17(26)18-6-9-4-8-2-1-3-11(22)13(8)15(24)14(9)16(25)19(18,27)12(23)5-10(21)7-18/h1-3,9-10,21-22,25,27H,4-7H2,(H2,20,26). The van der Waals surface area contributed by atoms with Crippen LogP contribution in [0.1, 0.15) is 35.2 Å². The first kappa shape index (κ1) is 17.7. The number of aliphatic hydroxyl groups excluding tert-OH is 2. The van der Waals surface area contributed by atoms with Gasteiger partial charge in [0.25, 0.3) is 0 Å². The molecule has 0 radical (unpaired) electrons. The monoisotopic (exact) mass is 373 g/mol. The summed E-state index contributed by atoms with van der Waals surface area (Å²) in [5, 5.41) is 42.1. The number of aliphatic hydroxyl groups is 3. The van der Waals surface area contributed by atoms with Gasteiger partial charge in [0.15, 0.2) is 17.2 Å². The van der Waals surface area contributed by atoms with Crippen LogP contribution in [0, 0.1) is 11.3 Å². The van der Waals surface area contributed by atoms with Gasteiger partial charge >= 0.3 is 0 Å². The zero-order chi connectivity index (χ0) is 19.7. The molecule has 3 aliphatic carbocycles. The molecule has 0 saturated heterocycles. The van der Waals surface area contributed by atoms with Gasteiger partial charge in [0.1, 0.15) is 11.5 Å². The number of Topliss-reactive ketones (excluding diaryl/α,β-unsaturated/α-hetero) is 2. The summed E-state index contributed by atoms with van der Waals surface area (Å²) < 4.78 is 0. The molecule has 0 heterocycles. The quantitative estimate of drug-likeness (QED) is 0.459. The number of fused-ring (bicyclic) bond motifs is 3. The van der Waals surface area contributed by atoms with Crippen molar-refractivity contribution in [3.05, 3.63) is 40.7 Å². The number of amides is 1. The van der Waals surface area contributed by atoms with Crippen LogP contribution in [0.5, 0.6) is 5.75 Å². The van der Waals surface area contributed by atoms with E-state index in [-0.39, 0.29) is 36.1 Å². The second kappa shape index (κ2) is 5.40. The summed E-state index contributed by atoms with van der Waals surface area (Å²) in [6.45, 7) is 0. The average Bonchev–Trinajstić information content (AvgIpc) is 2.57. The lowest BCUT2D eigenvalue weighted by atomic mass is 9.51. The highest BCUT2D eigenvalue weighted by Crippen LogP contribution is 2.57. The summed E-state index contributed by atoms with van der Waals surface area (Å²) in [5.41, 5.74) is 1.32. The van der Waals surface area contributed by atoms with Crippen LogP contribution in [0.4, 0.5) is 0 Å². The smallest absolute Gasteiger partial charge is 0.227 e. The Morgan fingerprint density at radius 3 is 2.52 bits per heavy atom. The number of nitrogens with two attached hydrogens (primary N) is 1. The Hall–Kier alpha value is -2.71. The highest BCUT2D eigenvalue weighted by molar-refractivity contribution is 6.15. The van der Waals surface area contributed by atoms with Crippen molar-refractivity contribution in [2.24, 2.45) is 17.1 Å². The number of hydrogen-bond acceptors (Lipinski definition) is 7. The number of carbonyl (C=O) groups excluding carboxylic acids is 3. The number of aromatic hydroxyl groups is 1. The summed E-state index contributed by atoms with van der Waals surface area (Å²) in [6, 6.07) is 4.56. The zero-order valence-corrected chi connectivity index (χ0v) is 14.3. The van der Waals surface area contributed by atoms with Crippen LogP contribution in [0.25, 0.3) is 0 Å². The van der Waals surface area contributed by atoms with Crippen LogP contribution in [0.3, 0.4) is 0 Å². The third-order valence-corrected chi connectivity index (χ3v) is 6.24. The summed E-state index contributed by atoms with van der Waals surface area (Å²) in [5.74, 6) is -4.51. The molecule has 8 nitrogen and oxygen atoms in total. The second-order valence-corrected chi connectivity index (χ2v) is 7.65. The molecule has 0 spiro atoms. The average molecular weight is 373 g/mol. The number of primary amides is 1. The topological polar surface area (TPSA) is 158 Å². The molecule has 3 aliphatic rings. The molecule has 142 valence electrons. The molecular formula is C19H19NO7. The van der Waals surface area contributed by atoms with Gasteiger partial charge in [0, 0.05) is 12.0 Å². The molecule has 0 aliphatic heterocycles. The Labute approximate surface area is 153 Å². The number of phenolic OH excluding ortho intramolecular Hbond substituents is 1. The van der Waals surface area contributed by atoms with E-state index in [0.29, 0.717) is 5.56 Å². The molecular weight excluding hydrogens is 354 g/mol. The molecule has 8 heteroatoms. The largest absolute Gasteiger partial charge is 0.508 e. The number of rotatable bonds is 1. The van der Waals surface area contributed by atoms with E-state index in [9.17, 15) is 34.8 Å². The van der Waals surface area contributed by atoms with E-state index in [1.807, 2.05) is 0 Å². The predicted molar refractivity (Wildman–Crippen MR) is 90.7 cm³/mol. The Morgan fingerprint density at radius 1 is 1.15 bits per heavy atom. The zero-order valence-electron chi connectivity index (χ0n) is 14.3. The molecule has 1 aromatic carbocycles. The maximum absolute atomic E-state index is 13.0. The molecule has 1 amide bonds. The minimum absolute atomic E-state index is 0.00812. The number of hydrogen-bond donors (Lipinski definition) is 5. The van der Waals surface area contributed by atoms with Gasteiger partial charge in [0.05, 0.1) is 17.1 Å². The van der Waals surface area contributed by atoms with E-state index < -0.39 is 52.7 Å². The third kappa shape index (κ3) is 2.02. The van der Waals surface area contributed by atoms with E-state index in [0.717, 1.165) is 0 Å². The van der Waals surface area contributed by atoms with E-state index in [4.69, 9.17) is 5.73 Å². The number of allylic oxidation sites excluding steroid dienone is 1. The van der Waals surface area contributed by atoms with Crippen LogP contribution in [0.15, 0.2) is 29.5 Å². The normalized spacial score (nSPS) is 35.3. The Bertz CT molecular complexity index is 936. The fourth-order valence-corrected chi connectivity index (χ4v) is 5.02. The molecule has 1 saturated carbocycles. The van der Waals surface area contributed by atoms with Gasteiger partial charge in [0.2, 0.25) is 5.91 Å². The van der Waals surface area contributed by atoms with Crippen molar-refractivity contribution in [1.29, 1.82) is 0 Å².